The molecular weight excluding hydrogens is 661 g/mol. The number of rotatable bonds is 3. The molecule has 0 aliphatic heterocycles. The van der Waals surface area contributed by atoms with Crippen LogP contribution in [-0.2, 0) is 10.8 Å². The molecule has 2 aliphatic carbocycles. The average molecular weight is 695 g/mol. The van der Waals surface area contributed by atoms with Crippen LogP contribution in [0.5, 0.6) is 0 Å². The van der Waals surface area contributed by atoms with Crippen molar-refractivity contribution in [1.29, 1.82) is 0 Å². The standard InChI is InChI=1S/C50H34N2S/c1-49(2)40-26-13-14-27-41(40)50(38-24-11-9-20-33(38)34-21-10-12-25-39(34)50)42-29-28-36-35-22-15-23-37(46(35)53-47(36)45(42)49)44-30-43(31-16-5-3-6-17-31)51-48(52-44)32-18-7-4-8-19-32/h3-30H,1-2H3. The first-order valence-corrected chi connectivity index (χ1v) is 19.2. The molecule has 250 valence electrons. The maximum Gasteiger partial charge on any atom is 0.160 e. The van der Waals surface area contributed by atoms with E-state index in [9.17, 15) is 0 Å². The fraction of sp³-hybridized carbons (Fsp3) is 0.0800. The third-order valence-corrected chi connectivity index (χ3v) is 13.0. The molecule has 2 aliphatic rings. The first-order chi connectivity index (χ1) is 26.0. The van der Waals surface area contributed by atoms with Gasteiger partial charge in [0.05, 0.1) is 16.8 Å². The van der Waals surface area contributed by atoms with Crippen LogP contribution in [-0.4, -0.2) is 9.97 Å². The highest BCUT2D eigenvalue weighted by Gasteiger charge is 2.53. The highest BCUT2D eigenvalue weighted by molar-refractivity contribution is 7.26. The normalized spacial score (nSPS) is 14.5. The maximum atomic E-state index is 5.27. The van der Waals surface area contributed by atoms with Gasteiger partial charge in [0.15, 0.2) is 5.82 Å². The molecule has 2 nitrogen and oxygen atoms in total. The van der Waals surface area contributed by atoms with Crippen LogP contribution in [0.25, 0.3) is 65.2 Å². The second-order valence-electron chi connectivity index (χ2n) is 14.9. The zero-order valence-corrected chi connectivity index (χ0v) is 30.3. The summed E-state index contributed by atoms with van der Waals surface area (Å²) >= 11 is 1.92. The monoisotopic (exact) mass is 694 g/mol. The van der Waals surface area contributed by atoms with Crippen molar-refractivity contribution in [2.24, 2.45) is 0 Å². The van der Waals surface area contributed by atoms with E-state index in [1.165, 1.54) is 64.7 Å². The zero-order chi connectivity index (χ0) is 35.3. The Hall–Kier alpha value is -6.16. The van der Waals surface area contributed by atoms with Crippen molar-refractivity contribution in [1.82, 2.24) is 9.97 Å². The Morgan fingerprint density at radius 2 is 0.962 bits per heavy atom. The van der Waals surface area contributed by atoms with Crippen LogP contribution in [0.2, 0.25) is 0 Å². The predicted molar refractivity (Wildman–Crippen MR) is 221 cm³/mol. The van der Waals surface area contributed by atoms with E-state index in [-0.39, 0.29) is 5.41 Å². The van der Waals surface area contributed by atoms with Crippen molar-refractivity contribution in [2.45, 2.75) is 24.7 Å². The van der Waals surface area contributed by atoms with Gasteiger partial charge in [0.1, 0.15) is 0 Å². The molecule has 0 radical (unpaired) electrons. The molecule has 11 rings (SSSR count). The molecule has 53 heavy (non-hydrogen) atoms. The molecule has 0 bridgehead atoms. The number of fused-ring (bicyclic) bond motifs is 13. The van der Waals surface area contributed by atoms with E-state index < -0.39 is 5.41 Å². The van der Waals surface area contributed by atoms with Gasteiger partial charge in [0.25, 0.3) is 0 Å². The third-order valence-electron chi connectivity index (χ3n) is 11.8. The summed E-state index contributed by atoms with van der Waals surface area (Å²) in [6, 6.07) is 61.9. The Kier molecular flexibility index (Phi) is 6.42. The van der Waals surface area contributed by atoms with Gasteiger partial charge in [-0.25, -0.2) is 9.97 Å². The van der Waals surface area contributed by atoms with Gasteiger partial charge in [0.2, 0.25) is 0 Å². The number of hydrogen-bond donors (Lipinski definition) is 0. The molecule has 2 heterocycles. The fourth-order valence-corrected chi connectivity index (χ4v) is 11.0. The van der Waals surface area contributed by atoms with Gasteiger partial charge in [-0.1, -0.05) is 178 Å². The van der Waals surface area contributed by atoms with Crippen molar-refractivity contribution < 1.29 is 0 Å². The lowest BCUT2D eigenvalue weighted by molar-refractivity contribution is 0.569. The molecule has 0 fully saturated rings. The highest BCUT2D eigenvalue weighted by atomic mass is 32.1. The number of hydrogen-bond acceptors (Lipinski definition) is 3. The van der Waals surface area contributed by atoms with E-state index in [1.54, 1.807) is 0 Å². The van der Waals surface area contributed by atoms with Crippen molar-refractivity contribution >= 4 is 31.5 Å². The lowest BCUT2D eigenvalue weighted by Crippen LogP contribution is -2.40. The van der Waals surface area contributed by atoms with Gasteiger partial charge >= 0.3 is 0 Å². The van der Waals surface area contributed by atoms with Crippen molar-refractivity contribution in [3.63, 3.8) is 0 Å². The predicted octanol–water partition coefficient (Wildman–Crippen LogP) is 12.8. The summed E-state index contributed by atoms with van der Waals surface area (Å²) in [7, 11) is 0. The molecule has 1 spiro atoms. The molecule has 7 aromatic carbocycles. The number of benzene rings is 7. The zero-order valence-electron chi connectivity index (χ0n) is 29.5. The van der Waals surface area contributed by atoms with Gasteiger partial charge in [0, 0.05) is 42.3 Å². The first-order valence-electron chi connectivity index (χ1n) is 18.3. The summed E-state index contributed by atoms with van der Waals surface area (Å²) in [5.41, 5.74) is 15.4. The first kappa shape index (κ1) is 30.5. The van der Waals surface area contributed by atoms with Gasteiger partial charge in [-0.2, -0.15) is 0 Å². The molecule has 9 aromatic rings. The molecule has 0 saturated carbocycles. The van der Waals surface area contributed by atoms with E-state index in [0.29, 0.717) is 0 Å². The smallest absolute Gasteiger partial charge is 0.160 e. The minimum absolute atomic E-state index is 0.236. The molecule has 0 atom stereocenters. The Balaban J connectivity index is 1.22. The Labute approximate surface area is 313 Å². The number of nitrogens with zero attached hydrogens (tertiary/aromatic N) is 2. The molecule has 0 amide bonds. The van der Waals surface area contributed by atoms with Crippen molar-refractivity contribution in [3.8, 4) is 45.0 Å². The molecule has 0 N–H and O–H groups in total. The number of aromatic nitrogens is 2. The van der Waals surface area contributed by atoms with E-state index in [4.69, 9.17) is 9.97 Å². The third kappa shape index (κ3) is 4.14. The van der Waals surface area contributed by atoms with Crippen LogP contribution in [0, 0.1) is 0 Å². The van der Waals surface area contributed by atoms with Gasteiger partial charge in [-0.15, -0.1) is 11.3 Å². The van der Waals surface area contributed by atoms with Crippen LogP contribution in [0.15, 0.2) is 170 Å². The summed E-state index contributed by atoms with van der Waals surface area (Å²) in [6.07, 6.45) is 0. The molecule has 3 heteroatoms. The molecular formula is C50H34N2S. The Bertz CT molecular complexity index is 2820. The van der Waals surface area contributed by atoms with E-state index in [0.717, 1.165) is 33.9 Å². The average Bonchev–Trinajstić information content (AvgIpc) is 3.75. The fourth-order valence-electron chi connectivity index (χ4n) is 9.51. The van der Waals surface area contributed by atoms with Crippen molar-refractivity contribution in [3.05, 3.63) is 203 Å². The number of thiophene rings is 1. The van der Waals surface area contributed by atoms with Gasteiger partial charge in [-0.3, -0.25) is 0 Å². The topological polar surface area (TPSA) is 25.8 Å². The van der Waals surface area contributed by atoms with Crippen LogP contribution in [0.3, 0.4) is 0 Å². The van der Waals surface area contributed by atoms with E-state index in [1.807, 2.05) is 17.4 Å². The van der Waals surface area contributed by atoms with Crippen LogP contribution < -0.4 is 0 Å². The van der Waals surface area contributed by atoms with E-state index >= 15 is 0 Å². The summed E-state index contributed by atoms with van der Waals surface area (Å²) in [4.78, 5) is 10.4. The second-order valence-corrected chi connectivity index (χ2v) is 15.9. The van der Waals surface area contributed by atoms with Crippen LogP contribution >= 0.6 is 11.3 Å². The minimum atomic E-state index is -0.413. The summed E-state index contributed by atoms with van der Waals surface area (Å²) < 4.78 is 2.61. The Morgan fingerprint density at radius 1 is 0.415 bits per heavy atom. The lowest BCUT2D eigenvalue weighted by atomic mass is 9.55. The Morgan fingerprint density at radius 3 is 1.66 bits per heavy atom. The molecule has 2 aromatic heterocycles. The molecule has 0 saturated heterocycles. The van der Waals surface area contributed by atoms with Crippen LogP contribution in [0.4, 0.5) is 0 Å². The molecule has 0 unspecified atom stereocenters. The van der Waals surface area contributed by atoms with Gasteiger partial charge in [-0.05, 0) is 50.6 Å². The summed E-state index contributed by atoms with van der Waals surface area (Å²) in [6.45, 7) is 4.86. The van der Waals surface area contributed by atoms with Crippen LogP contribution in [0.1, 0.15) is 47.2 Å². The summed E-state index contributed by atoms with van der Waals surface area (Å²) in [5, 5.41) is 2.57. The van der Waals surface area contributed by atoms with Crippen molar-refractivity contribution in [2.75, 3.05) is 0 Å². The SMILES string of the molecule is CC1(C)c2ccccc2C2(c3ccccc3-c3ccccc32)c2ccc3c(sc4c(-c5cc(-c6ccccc6)nc(-c6ccccc6)n5)cccc43)c21. The lowest BCUT2D eigenvalue weighted by Gasteiger charge is -2.46. The maximum absolute atomic E-state index is 5.27. The quantitative estimate of drug-likeness (QED) is 0.184. The largest absolute Gasteiger partial charge is 0.228 e. The van der Waals surface area contributed by atoms with Gasteiger partial charge < -0.3 is 0 Å². The minimum Gasteiger partial charge on any atom is -0.228 e. The summed E-state index contributed by atoms with van der Waals surface area (Å²) in [5.74, 6) is 0.732. The van der Waals surface area contributed by atoms with E-state index in [2.05, 4.69) is 178 Å². The second kappa shape index (κ2) is 11.2. The highest BCUT2D eigenvalue weighted by Crippen LogP contribution is 2.63.